The third-order valence-electron chi connectivity index (χ3n) is 3.93. The summed E-state index contributed by atoms with van der Waals surface area (Å²) < 4.78 is 5.25. The van der Waals surface area contributed by atoms with Crippen LogP contribution in [0.4, 0.5) is 0 Å². The molecule has 2 aromatic rings. The number of fused-ring (bicyclic) bond motifs is 1. The molecule has 1 aromatic carbocycles. The Kier molecular flexibility index (Phi) is 3.75. The highest BCUT2D eigenvalue weighted by atomic mass is 16.4. The molecule has 1 fully saturated rings. The van der Waals surface area contributed by atoms with Crippen molar-refractivity contribution in [2.24, 2.45) is 0 Å². The van der Waals surface area contributed by atoms with E-state index >= 15 is 0 Å². The molecule has 1 aliphatic rings. The fraction of sp³-hybridized carbons (Fsp3) is 0.375. The maximum Gasteiger partial charge on any atom is 0.349 e. The van der Waals surface area contributed by atoms with Crippen LogP contribution in [0, 0.1) is 6.92 Å². The van der Waals surface area contributed by atoms with Crippen molar-refractivity contribution in [3.63, 3.8) is 0 Å². The van der Waals surface area contributed by atoms with Gasteiger partial charge in [0.05, 0.1) is 0 Å². The number of amides is 1. The van der Waals surface area contributed by atoms with Gasteiger partial charge in [-0.15, -0.1) is 0 Å². The van der Waals surface area contributed by atoms with Crippen molar-refractivity contribution in [1.82, 2.24) is 10.6 Å². The molecule has 5 heteroatoms. The van der Waals surface area contributed by atoms with Crippen LogP contribution in [0.5, 0.6) is 0 Å². The van der Waals surface area contributed by atoms with Crippen molar-refractivity contribution >= 4 is 16.9 Å². The van der Waals surface area contributed by atoms with Crippen LogP contribution in [0.1, 0.15) is 28.8 Å². The lowest BCUT2D eigenvalue weighted by Gasteiger charge is -2.23. The van der Waals surface area contributed by atoms with Crippen LogP contribution in [0.15, 0.2) is 33.5 Å². The summed E-state index contributed by atoms with van der Waals surface area (Å²) in [5.41, 5.74) is 0.714. The van der Waals surface area contributed by atoms with Crippen LogP contribution < -0.4 is 16.3 Å². The van der Waals surface area contributed by atoms with Gasteiger partial charge in [-0.3, -0.25) is 4.79 Å². The zero-order chi connectivity index (χ0) is 14.8. The fourth-order valence-corrected chi connectivity index (χ4v) is 2.80. The van der Waals surface area contributed by atoms with Crippen molar-refractivity contribution in [3.05, 3.63) is 45.8 Å². The summed E-state index contributed by atoms with van der Waals surface area (Å²) in [7, 11) is 0. The van der Waals surface area contributed by atoms with E-state index in [2.05, 4.69) is 10.6 Å². The van der Waals surface area contributed by atoms with E-state index in [1.807, 2.05) is 12.1 Å². The SMILES string of the molecule is Cc1c(C(=O)N[C@H]2CCCNC2)c(=O)oc2ccccc12. The first-order chi connectivity index (χ1) is 10.2. The van der Waals surface area contributed by atoms with Crippen LogP contribution in [0.2, 0.25) is 0 Å². The maximum atomic E-state index is 12.4. The van der Waals surface area contributed by atoms with Crippen LogP contribution in [-0.4, -0.2) is 25.0 Å². The minimum absolute atomic E-state index is 0.0662. The van der Waals surface area contributed by atoms with E-state index in [4.69, 9.17) is 4.42 Å². The Morgan fingerprint density at radius 3 is 2.95 bits per heavy atom. The number of hydrogen-bond acceptors (Lipinski definition) is 4. The number of piperidine rings is 1. The summed E-state index contributed by atoms with van der Waals surface area (Å²) in [6, 6.07) is 7.32. The van der Waals surface area contributed by atoms with Gasteiger partial charge in [-0.05, 0) is 37.9 Å². The summed E-state index contributed by atoms with van der Waals surface area (Å²) in [6.07, 6.45) is 1.95. The van der Waals surface area contributed by atoms with E-state index in [0.717, 1.165) is 31.3 Å². The number of nitrogens with one attached hydrogen (secondary N) is 2. The normalized spacial score (nSPS) is 18.6. The molecule has 0 radical (unpaired) electrons. The first-order valence-corrected chi connectivity index (χ1v) is 7.21. The molecule has 3 rings (SSSR count). The molecule has 1 aliphatic heterocycles. The van der Waals surface area contributed by atoms with Gasteiger partial charge in [0.1, 0.15) is 11.1 Å². The third kappa shape index (κ3) is 2.69. The van der Waals surface area contributed by atoms with Crippen molar-refractivity contribution in [2.75, 3.05) is 13.1 Å². The molecule has 2 N–H and O–H groups in total. The van der Waals surface area contributed by atoms with Gasteiger partial charge in [-0.2, -0.15) is 0 Å². The fourth-order valence-electron chi connectivity index (χ4n) is 2.80. The second-order valence-corrected chi connectivity index (χ2v) is 5.40. The Morgan fingerprint density at radius 2 is 2.19 bits per heavy atom. The summed E-state index contributed by atoms with van der Waals surface area (Å²) >= 11 is 0. The molecule has 2 heterocycles. The van der Waals surface area contributed by atoms with Gasteiger partial charge in [0.15, 0.2) is 0 Å². The molecule has 0 spiro atoms. The Hall–Kier alpha value is -2.14. The molecular formula is C16H18N2O3. The average Bonchev–Trinajstić information content (AvgIpc) is 2.48. The summed E-state index contributed by atoms with van der Waals surface area (Å²) in [4.78, 5) is 24.5. The van der Waals surface area contributed by atoms with Gasteiger partial charge >= 0.3 is 5.63 Å². The predicted molar refractivity (Wildman–Crippen MR) is 80.6 cm³/mol. The smallest absolute Gasteiger partial charge is 0.349 e. The first kappa shape index (κ1) is 13.8. The number of para-hydroxylation sites is 1. The van der Waals surface area contributed by atoms with E-state index in [-0.39, 0.29) is 17.5 Å². The minimum atomic E-state index is -0.576. The van der Waals surface area contributed by atoms with Crippen LogP contribution in [0.25, 0.3) is 11.0 Å². The van der Waals surface area contributed by atoms with Crippen LogP contribution in [0.3, 0.4) is 0 Å². The summed E-state index contributed by atoms with van der Waals surface area (Å²) in [5.74, 6) is -0.347. The molecule has 1 atom stereocenters. The Bertz CT molecular complexity index is 730. The van der Waals surface area contributed by atoms with Gasteiger partial charge in [0.25, 0.3) is 5.91 Å². The van der Waals surface area contributed by atoms with E-state index < -0.39 is 5.63 Å². The quantitative estimate of drug-likeness (QED) is 0.822. The molecule has 1 amide bonds. The molecule has 0 bridgehead atoms. The van der Waals surface area contributed by atoms with Gasteiger partial charge in [-0.25, -0.2) is 4.79 Å². The standard InChI is InChI=1S/C16H18N2O3/c1-10-12-6-2-3-7-13(12)21-16(20)14(10)15(19)18-11-5-4-8-17-9-11/h2-3,6-7,11,17H,4-5,8-9H2,1H3,(H,18,19)/t11-/m0/s1. The average molecular weight is 286 g/mol. The molecule has 21 heavy (non-hydrogen) atoms. The molecule has 0 unspecified atom stereocenters. The van der Waals surface area contributed by atoms with E-state index in [9.17, 15) is 9.59 Å². The lowest BCUT2D eigenvalue weighted by molar-refractivity contribution is 0.0926. The highest BCUT2D eigenvalue weighted by Gasteiger charge is 2.22. The number of carbonyl (C=O) groups excluding carboxylic acids is 1. The zero-order valence-corrected chi connectivity index (χ0v) is 11.9. The van der Waals surface area contributed by atoms with Gasteiger partial charge in [-0.1, -0.05) is 18.2 Å². The van der Waals surface area contributed by atoms with E-state index in [1.54, 1.807) is 19.1 Å². The van der Waals surface area contributed by atoms with Crippen LogP contribution in [-0.2, 0) is 0 Å². The second kappa shape index (κ2) is 5.69. The topological polar surface area (TPSA) is 71.3 Å². The maximum absolute atomic E-state index is 12.4. The third-order valence-corrected chi connectivity index (χ3v) is 3.93. The largest absolute Gasteiger partial charge is 0.422 e. The highest BCUT2D eigenvalue weighted by Crippen LogP contribution is 2.19. The van der Waals surface area contributed by atoms with Crippen molar-refractivity contribution < 1.29 is 9.21 Å². The highest BCUT2D eigenvalue weighted by molar-refractivity contribution is 5.99. The van der Waals surface area contributed by atoms with E-state index in [1.165, 1.54) is 0 Å². The van der Waals surface area contributed by atoms with Crippen molar-refractivity contribution in [1.29, 1.82) is 0 Å². The number of carbonyl (C=O) groups is 1. The van der Waals surface area contributed by atoms with Gasteiger partial charge in [0, 0.05) is 18.0 Å². The summed E-state index contributed by atoms with van der Waals surface area (Å²) in [5, 5.41) is 6.95. The Balaban J connectivity index is 1.95. The molecule has 110 valence electrons. The van der Waals surface area contributed by atoms with Crippen LogP contribution >= 0.6 is 0 Å². The lowest BCUT2D eigenvalue weighted by atomic mass is 10.0. The molecule has 1 saturated heterocycles. The van der Waals surface area contributed by atoms with Crippen molar-refractivity contribution in [3.8, 4) is 0 Å². The number of hydrogen-bond donors (Lipinski definition) is 2. The Morgan fingerprint density at radius 1 is 1.38 bits per heavy atom. The minimum Gasteiger partial charge on any atom is -0.422 e. The summed E-state index contributed by atoms with van der Waals surface area (Å²) in [6.45, 7) is 3.50. The molecule has 0 saturated carbocycles. The monoisotopic (exact) mass is 286 g/mol. The second-order valence-electron chi connectivity index (χ2n) is 5.40. The number of benzene rings is 1. The number of aryl methyl sites for hydroxylation is 1. The number of rotatable bonds is 2. The van der Waals surface area contributed by atoms with Gasteiger partial charge in [0.2, 0.25) is 0 Å². The Labute approximate surface area is 122 Å². The lowest BCUT2D eigenvalue weighted by Crippen LogP contribution is -2.46. The zero-order valence-electron chi connectivity index (χ0n) is 11.9. The van der Waals surface area contributed by atoms with E-state index in [0.29, 0.717) is 11.1 Å². The molecule has 0 aliphatic carbocycles. The van der Waals surface area contributed by atoms with Crippen molar-refractivity contribution in [2.45, 2.75) is 25.8 Å². The first-order valence-electron chi connectivity index (χ1n) is 7.21. The van der Waals surface area contributed by atoms with Gasteiger partial charge < -0.3 is 15.1 Å². The molecule has 5 nitrogen and oxygen atoms in total. The molecular weight excluding hydrogens is 268 g/mol. The predicted octanol–water partition coefficient (Wildman–Crippen LogP) is 1.58. The molecule has 1 aromatic heterocycles.